The SMILES string of the molecule is CC1(C)CN=C(NCC2(C)CC2)SC1. The number of nitrogens with one attached hydrogen (secondary N) is 1. The van der Waals surface area contributed by atoms with Crippen molar-refractivity contribution >= 4 is 16.9 Å². The fraction of sp³-hybridized carbons (Fsp3) is 0.909. The Hall–Kier alpha value is -0.180. The highest BCUT2D eigenvalue weighted by molar-refractivity contribution is 8.13. The third kappa shape index (κ3) is 2.66. The van der Waals surface area contributed by atoms with E-state index in [-0.39, 0.29) is 0 Å². The Morgan fingerprint density at radius 3 is 2.57 bits per heavy atom. The van der Waals surface area contributed by atoms with Crippen LogP contribution in [0.1, 0.15) is 33.6 Å². The maximum atomic E-state index is 4.58. The minimum atomic E-state index is 0.388. The van der Waals surface area contributed by atoms with Crippen molar-refractivity contribution in [2.75, 3.05) is 18.8 Å². The Morgan fingerprint density at radius 2 is 2.07 bits per heavy atom. The van der Waals surface area contributed by atoms with E-state index in [0.717, 1.165) is 18.3 Å². The first kappa shape index (κ1) is 10.3. The van der Waals surface area contributed by atoms with Gasteiger partial charge in [0.15, 0.2) is 5.17 Å². The van der Waals surface area contributed by atoms with Gasteiger partial charge in [0.2, 0.25) is 0 Å². The van der Waals surface area contributed by atoms with E-state index in [2.05, 4.69) is 31.1 Å². The molecule has 2 rings (SSSR count). The second kappa shape index (κ2) is 3.44. The number of amidine groups is 1. The normalized spacial score (nSPS) is 28.1. The van der Waals surface area contributed by atoms with Crippen molar-refractivity contribution in [3.05, 3.63) is 0 Å². The highest BCUT2D eigenvalue weighted by Crippen LogP contribution is 2.44. The second-order valence-electron chi connectivity index (χ2n) is 5.74. The average Bonchev–Trinajstić information content (AvgIpc) is 2.83. The molecule has 0 saturated heterocycles. The fourth-order valence-corrected chi connectivity index (χ4v) is 2.38. The van der Waals surface area contributed by atoms with Gasteiger partial charge in [-0.2, -0.15) is 0 Å². The molecule has 1 aliphatic heterocycles. The van der Waals surface area contributed by atoms with E-state index >= 15 is 0 Å². The summed E-state index contributed by atoms with van der Waals surface area (Å²) in [5, 5.41) is 4.64. The first-order valence-corrected chi connectivity index (χ1v) is 6.39. The van der Waals surface area contributed by atoms with E-state index in [4.69, 9.17) is 0 Å². The third-order valence-corrected chi connectivity index (χ3v) is 4.49. The molecule has 0 aromatic rings. The molecule has 0 spiro atoms. The zero-order valence-corrected chi connectivity index (χ0v) is 10.2. The summed E-state index contributed by atoms with van der Waals surface area (Å²) in [6.07, 6.45) is 2.76. The molecule has 14 heavy (non-hydrogen) atoms. The van der Waals surface area contributed by atoms with Gasteiger partial charge in [-0.05, 0) is 23.7 Å². The maximum Gasteiger partial charge on any atom is 0.156 e. The van der Waals surface area contributed by atoms with Gasteiger partial charge in [-0.1, -0.05) is 32.5 Å². The monoisotopic (exact) mass is 212 g/mol. The summed E-state index contributed by atoms with van der Waals surface area (Å²) in [5.41, 5.74) is 0.968. The standard InChI is InChI=1S/C11H20N2S/c1-10(2)6-12-9(14-8-10)13-7-11(3)4-5-11/h4-8H2,1-3H3,(H,12,13). The van der Waals surface area contributed by atoms with Crippen LogP contribution < -0.4 is 5.32 Å². The van der Waals surface area contributed by atoms with Crippen molar-refractivity contribution in [2.24, 2.45) is 15.8 Å². The predicted octanol–water partition coefficient (Wildman–Crippen LogP) is 2.51. The molecule has 3 heteroatoms. The van der Waals surface area contributed by atoms with Crippen molar-refractivity contribution in [1.82, 2.24) is 5.32 Å². The van der Waals surface area contributed by atoms with E-state index in [1.54, 1.807) is 0 Å². The van der Waals surface area contributed by atoms with Gasteiger partial charge in [-0.3, -0.25) is 4.99 Å². The van der Waals surface area contributed by atoms with E-state index in [1.165, 1.54) is 18.6 Å². The Balaban J connectivity index is 1.79. The zero-order chi connectivity index (χ0) is 10.2. The fourth-order valence-electron chi connectivity index (χ4n) is 1.43. The van der Waals surface area contributed by atoms with Gasteiger partial charge >= 0.3 is 0 Å². The van der Waals surface area contributed by atoms with Crippen LogP contribution in [-0.2, 0) is 0 Å². The highest BCUT2D eigenvalue weighted by atomic mass is 32.2. The Labute approximate surface area is 90.9 Å². The molecule has 0 aromatic carbocycles. The molecule has 0 unspecified atom stereocenters. The number of rotatable bonds is 2. The van der Waals surface area contributed by atoms with Crippen LogP contribution in [0, 0.1) is 10.8 Å². The molecule has 1 heterocycles. The predicted molar refractivity (Wildman–Crippen MR) is 63.9 cm³/mol. The minimum Gasteiger partial charge on any atom is -0.364 e. The smallest absolute Gasteiger partial charge is 0.156 e. The molecule has 0 atom stereocenters. The Kier molecular flexibility index (Phi) is 2.54. The van der Waals surface area contributed by atoms with E-state index in [0.29, 0.717) is 10.8 Å². The Morgan fingerprint density at radius 1 is 1.36 bits per heavy atom. The second-order valence-corrected chi connectivity index (χ2v) is 6.70. The summed E-state index contributed by atoms with van der Waals surface area (Å²) in [6.45, 7) is 8.99. The lowest BCUT2D eigenvalue weighted by Crippen LogP contribution is -2.33. The van der Waals surface area contributed by atoms with Gasteiger partial charge in [0.1, 0.15) is 0 Å². The average molecular weight is 212 g/mol. The topological polar surface area (TPSA) is 24.4 Å². The summed E-state index contributed by atoms with van der Waals surface area (Å²) >= 11 is 1.88. The highest BCUT2D eigenvalue weighted by Gasteiger charge is 2.37. The molecular formula is C11H20N2S. The summed E-state index contributed by atoms with van der Waals surface area (Å²) in [6, 6.07) is 0. The summed E-state index contributed by atoms with van der Waals surface area (Å²) in [4.78, 5) is 4.58. The van der Waals surface area contributed by atoms with Crippen LogP contribution in [0.5, 0.6) is 0 Å². The molecule has 0 amide bonds. The lowest BCUT2D eigenvalue weighted by Gasteiger charge is -2.27. The van der Waals surface area contributed by atoms with Crippen LogP contribution in [0.2, 0.25) is 0 Å². The van der Waals surface area contributed by atoms with Crippen molar-refractivity contribution in [2.45, 2.75) is 33.6 Å². The molecule has 0 aromatic heterocycles. The number of hydrogen-bond acceptors (Lipinski definition) is 3. The van der Waals surface area contributed by atoms with Gasteiger partial charge in [-0.25, -0.2) is 0 Å². The molecule has 0 bridgehead atoms. The molecule has 0 radical (unpaired) electrons. The maximum absolute atomic E-state index is 4.58. The van der Waals surface area contributed by atoms with Crippen LogP contribution in [0.15, 0.2) is 4.99 Å². The lowest BCUT2D eigenvalue weighted by atomic mass is 9.97. The van der Waals surface area contributed by atoms with E-state index < -0.39 is 0 Å². The third-order valence-electron chi connectivity index (χ3n) is 3.02. The first-order chi connectivity index (χ1) is 6.49. The number of nitrogens with zero attached hydrogens (tertiary/aromatic N) is 1. The molecule has 1 aliphatic carbocycles. The van der Waals surface area contributed by atoms with Crippen LogP contribution in [-0.4, -0.2) is 24.0 Å². The van der Waals surface area contributed by atoms with E-state index in [9.17, 15) is 0 Å². The molecule has 1 saturated carbocycles. The Bertz CT molecular complexity index is 254. The van der Waals surface area contributed by atoms with Gasteiger partial charge in [-0.15, -0.1) is 0 Å². The minimum absolute atomic E-state index is 0.388. The van der Waals surface area contributed by atoms with Gasteiger partial charge in [0.05, 0.1) is 0 Å². The number of hydrogen-bond donors (Lipinski definition) is 1. The molecule has 1 N–H and O–H groups in total. The molecule has 1 fully saturated rings. The van der Waals surface area contributed by atoms with E-state index in [1.807, 2.05) is 11.8 Å². The van der Waals surface area contributed by atoms with Crippen LogP contribution in [0.25, 0.3) is 0 Å². The van der Waals surface area contributed by atoms with Crippen molar-refractivity contribution in [1.29, 1.82) is 0 Å². The van der Waals surface area contributed by atoms with Crippen molar-refractivity contribution in [3.8, 4) is 0 Å². The van der Waals surface area contributed by atoms with Crippen molar-refractivity contribution < 1.29 is 0 Å². The first-order valence-electron chi connectivity index (χ1n) is 5.40. The summed E-state index contributed by atoms with van der Waals surface area (Å²) in [5.74, 6) is 1.19. The van der Waals surface area contributed by atoms with Gasteiger partial charge < -0.3 is 5.32 Å². The van der Waals surface area contributed by atoms with Gasteiger partial charge in [0.25, 0.3) is 0 Å². The van der Waals surface area contributed by atoms with Gasteiger partial charge in [0, 0.05) is 18.8 Å². The molecular weight excluding hydrogens is 192 g/mol. The summed E-state index contributed by atoms with van der Waals surface area (Å²) in [7, 11) is 0. The molecule has 2 aliphatic rings. The number of aliphatic imine (C=N–C) groups is 1. The largest absolute Gasteiger partial charge is 0.364 e. The van der Waals surface area contributed by atoms with Crippen LogP contribution in [0.3, 0.4) is 0 Å². The van der Waals surface area contributed by atoms with Crippen LogP contribution >= 0.6 is 11.8 Å². The molecule has 80 valence electrons. The lowest BCUT2D eigenvalue weighted by molar-refractivity contribution is 0.436. The summed E-state index contributed by atoms with van der Waals surface area (Å²) < 4.78 is 0. The zero-order valence-electron chi connectivity index (χ0n) is 9.39. The van der Waals surface area contributed by atoms with Crippen molar-refractivity contribution in [3.63, 3.8) is 0 Å². The number of thioether (sulfide) groups is 1. The quantitative estimate of drug-likeness (QED) is 0.760. The van der Waals surface area contributed by atoms with Crippen LogP contribution in [0.4, 0.5) is 0 Å². The molecule has 2 nitrogen and oxygen atoms in total.